The van der Waals surface area contributed by atoms with Gasteiger partial charge in [-0.15, -0.1) is 0 Å². The highest BCUT2D eigenvalue weighted by atomic mass is 16.4. The minimum Gasteiger partial charge on any atom is -0.409 e. The van der Waals surface area contributed by atoms with Gasteiger partial charge in [0.25, 0.3) is 0 Å². The topological polar surface area (TPSA) is 76.4 Å². The van der Waals surface area contributed by atoms with E-state index in [4.69, 9.17) is 10.9 Å². The summed E-state index contributed by atoms with van der Waals surface area (Å²) in [5.41, 5.74) is 9.36. The van der Waals surface area contributed by atoms with Crippen LogP contribution in [-0.2, 0) is 12.8 Å². The molecule has 5 nitrogen and oxygen atoms in total. The Labute approximate surface area is 112 Å². The summed E-state index contributed by atoms with van der Waals surface area (Å²) in [6, 6.07) is 9.59. The van der Waals surface area contributed by atoms with Crippen molar-refractivity contribution in [2.24, 2.45) is 10.9 Å². The first-order valence-corrected chi connectivity index (χ1v) is 6.36. The second kappa shape index (κ2) is 5.56. The van der Waals surface area contributed by atoms with Crippen LogP contribution in [-0.4, -0.2) is 20.8 Å². The lowest BCUT2D eigenvalue weighted by atomic mass is 10.1. The summed E-state index contributed by atoms with van der Waals surface area (Å²) in [5, 5.41) is 16.5. The fraction of sp³-hybridized carbons (Fsp3) is 0.286. The van der Waals surface area contributed by atoms with E-state index in [1.54, 1.807) is 0 Å². The molecule has 5 heteroatoms. The molecule has 3 N–H and O–H groups in total. The summed E-state index contributed by atoms with van der Waals surface area (Å²) >= 11 is 0. The standard InChI is InChI=1S/C14H18N4O/c1-3-10-9-11(4-2)18(16-10)13-8-6-5-7-12(13)14(15)17-19/h5-9,19H,3-4H2,1-2H3,(H2,15,17). The van der Waals surface area contributed by atoms with Crippen LogP contribution in [0.5, 0.6) is 0 Å². The summed E-state index contributed by atoms with van der Waals surface area (Å²) in [7, 11) is 0. The molecular formula is C14H18N4O. The van der Waals surface area contributed by atoms with E-state index in [1.807, 2.05) is 28.9 Å². The van der Waals surface area contributed by atoms with Gasteiger partial charge in [-0.1, -0.05) is 31.1 Å². The summed E-state index contributed by atoms with van der Waals surface area (Å²) in [6.45, 7) is 4.15. The van der Waals surface area contributed by atoms with Gasteiger partial charge in [-0.25, -0.2) is 4.68 Å². The Balaban J connectivity index is 2.61. The number of benzene rings is 1. The number of nitrogens with zero attached hydrogens (tertiary/aromatic N) is 3. The van der Waals surface area contributed by atoms with Gasteiger partial charge in [0.1, 0.15) is 0 Å². The minimum atomic E-state index is 0.0891. The summed E-state index contributed by atoms with van der Waals surface area (Å²) < 4.78 is 1.87. The molecule has 2 aromatic rings. The van der Waals surface area contributed by atoms with Crippen LogP contribution in [0.25, 0.3) is 5.69 Å². The highest BCUT2D eigenvalue weighted by molar-refractivity contribution is 6.00. The van der Waals surface area contributed by atoms with E-state index in [2.05, 4.69) is 30.2 Å². The van der Waals surface area contributed by atoms with Gasteiger partial charge in [-0.2, -0.15) is 5.10 Å². The van der Waals surface area contributed by atoms with Crippen molar-refractivity contribution in [1.29, 1.82) is 0 Å². The number of amidine groups is 1. The Morgan fingerprint density at radius 2 is 2.05 bits per heavy atom. The minimum absolute atomic E-state index is 0.0891. The molecule has 0 radical (unpaired) electrons. The molecule has 0 atom stereocenters. The Morgan fingerprint density at radius 3 is 2.68 bits per heavy atom. The van der Waals surface area contributed by atoms with Crippen LogP contribution in [0.2, 0.25) is 0 Å². The summed E-state index contributed by atoms with van der Waals surface area (Å²) in [6.07, 6.45) is 1.75. The summed E-state index contributed by atoms with van der Waals surface area (Å²) in [4.78, 5) is 0. The van der Waals surface area contributed by atoms with Gasteiger partial charge >= 0.3 is 0 Å². The molecule has 0 aliphatic rings. The average molecular weight is 258 g/mol. The molecular weight excluding hydrogens is 240 g/mol. The molecule has 0 saturated carbocycles. The maximum absolute atomic E-state index is 8.87. The van der Waals surface area contributed by atoms with Crippen LogP contribution in [0.15, 0.2) is 35.5 Å². The van der Waals surface area contributed by atoms with Crippen LogP contribution in [0.1, 0.15) is 30.8 Å². The van der Waals surface area contributed by atoms with Crippen molar-refractivity contribution in [3.63, 3.8) is 0 Å². The molecule has 0 aliphatic carbocycles. The first-order valence-electron chi connectivity index (χ1n) is 6.36. The Morgan fingerprint density at radius 1 is 1.32 bits per heavy atom. The highest BCUT2D eigenvalue weighted by Crippen LogP contribution is 2.18. The molecule has 0 aliphatic heterocycles. The molecule has 0 bridgehead atoms. The van der Waals surface area contributed by atoms with Crippen LogP contribution < -0.4 is 5.73 Å². The smallest absolute Gasteiger partial charge is 0.172 e. The van der Waals surface area contributed by atoms with Crippen molar-refractivity contribution in [3.05, 3.63) is 47.3 Å². The second-order valence-corrected chi connectivity index (χ2v) is 4.25. The van der Waals surface area contributed by atoms with Crippen molar-refractivity contribution >= 4 is 5.84 Å². The van der Waals surface area contributed by atoms with Gasteiger partial charge in [0.05, 0.1) is 11.4 Å². The van der Waals surface area contributed by atoms with E-state index in [0.717, 1.165) is 29.9 Å². The zero-order valence-corrected chi connectivity index (χ0v) is 11.2. The molecule has 0 saturated heterocycles. The third-order valence-corrected chi connectivity index (χ3v) is 3.07. The van der Waals surface area contributed by atoms with Crippen molar-refractivity contribution < 1.29 is 5.21 Å². The molecule has 1 aromatic carbocycles. The molecule has 0 amide bonds. The van der Waals surface area contributed by atoms with Crippen molar-refractivity contribution in [2.75, 3.05) is 0 Å². The predicted octanol–water partition coefficient (Wildman–Crippen LogP) is 2.09. The van der Waals surface area contributed by atoms with Gasteiger partial charge in [-0.3, -0.25) is 0 Å². The lowest BCUT2D eigenvalue weighted by molar-refractivity contribution is 0.318. The fourth-order valence-electron chi connectivity index (χ4n) is 2.04. The van der Waals surface area contributed by atoms with E-state index in [-0.39, 0.29) is 5.84 Å². The first-order chi connectivity index (χ1) is 9.21. The molecule has 0 fully saturated rings. The van der Waals surface area contributed by atoms with Gasteiger partial charge in [-0.05, 0) is 31.0 Å². The SMILES string of the molecule is CCc1cc(CC)n(-c2ccccc2/C(N)=N/O)n1. The number of hydrogen-bond acceptors (Lipinski definition) is 3. The number of rotatable bonds is 4. The third-order valence-electron chi connectivity index (χ3n) is 3.07. The Kier molecular flexibility index (Phi) is 3.85. The highest BCUT2D eigenvalue weighted by Gasteiger charge is 2.13. The zero-order chi connectivity index (χ0) is 13.8. The van der Waals surface area contributed by atoms with E-state index in [9.17, 15) is 0 Å². The Hall–Kier alpha value is -2.30. The number of hydrogen-bond donors (Lipinski definition) is 2. The molecule has 0 unspecified atom stereocenters. The number of oxime groups is 1. The molecule has 1 heterocycles. The summed E-state index contributed by atoms with van der Waals surface area (Å²) in [5.74, 6) is 0.0891. The normalized spacial score (nSPS) is 11.8. The third kappa shape index (κ3) is 2.45. The fourth-order valence-corrected chi connectivity index (χ4v) is 2.04. The second-order valence-electron chi connectivity index (χ2n) is 4.25. The largest absolute Gasteiger partial charge is 0.409 e. The average Bonchev–Trinajstić information content (AvgIpc) is 2.89. The van der Waals surface area contributed by atoms with E-state index in [0.29, 0.717) is 5.56 Å². The molecule has 1 aromatic heterocycles. The van der Waals surface area contributed by atoms with Crippen LogP contribution in [0.4, 0.5) is 0 Å². The van der Waals surface area contributed by atoms with E-state index < -0.39 is 0 Å². The van der Waals surface area contributed by atoms with Gasteiger partial charge in [0.15, 0.2) is 5.84 Å². The number of aryl methyl sites for hydroxylation is 2. The number of para-hydroxylation sites is 1. The molecule has 19 heavy (non-hydrogen) atoms. The van der Waals surface area contributed by atoms with Crippen LogP contribution >= 0.6 is 0 Å². The van der Waals surface area contributed by atoms with Gasteiger partial charge in [0.2, 0.25) is 0 Å². The maximum Gasteiger partial charge on any atom is 0.172 e. The van der Waals surface area contributed by atoms with Crippen molar-refractivity contribution in [1.82, 2.24) is 9.78 Å². The molecule has 0 spiro atoms. The van der Waals surface area contributed by atoms with E-state index >= 15 is 0 Å². The van der Waals surface area contributed by atoms with Crippen LogP contribution in [0.3, 0.4) is 0 Å². The van der Waals surface area contributed by atoms with Crippen LogP contribution in [0, 0.1) is 0 Å². The lowest BCUT2D eigenvalue weighted by Crippen LogP contribution is -2.17. The van der Waals surface area contributed by atoms with Crippen molar-refractivity contribution in [2.45, 2.75) is 26.7 Å². The predicted molar refractivity (Wildman–Crippen MR) is 74.8 cm³/mol. The van der Waals surface area contributed by atoms with Gasteiger partial charge in [0, 0.05) is 11.3 Å². The monoisotopic (exact) mass is 258 g/mol. The number of aromatic nitrogens is 2. The number of nitrogens with two attached hydrogens (primary N) is 1. The van der Waals surface area contributed by atoms with Crippen molar-refractivity contribution in [3.8, 4) is 5.69 Å². The Bertz CT molecular complexity index is 601. The first kappa shape index (κ1) is 13.1. The maximum atomic E-state index is 8.87. The molecule has 100 valence electrons. The van der Waals surface area contributed by atoms with Gasteiger partial charge < -0.3 is 10.9 Å². The molecule has 2 rings (SSSR count). The quantitative estimate of drug-likeness (QED) is 0.381. The van der Waals surface area contributed by atoms with E-state index in [1.165, 1.54) is 0 Å². The zero-order valence-electron chi connectivity index (χ0n) is 11.2. The lowest BCUT2D eigenvalue weighted by Gasteiger charge is -2.10.